The molecule has 0 atom stereocenters. The number of hydrogen-bond acceptors (Lipinski definition) is 2. The molecule has 0 aliphatic rings. The quantitative estimate of drug-likeness (QED) is 0.828. The Morgan fingerprint density at radius 1 is 1.00 bits per heavy atom. The first-order chi connectivity index (χ1) is 9.72. The van der Waals surface area contributed by atoms with E-state index in [1.807, 2.05) is 30.3 Å². The summed E-state index contributed by atoms with van der Waals surface area (Å²) in [5.41, 5.74) is 3.22. The van der Waals surface area contributed by atoms with Gasteiger partial charge >= 0.3 is 0 Å². The maximum atomic E-state index is 6.17. The number of para-hydroxylation sites is 1. The van der Waals surface area contributed by atoms with Crippen LogP contribution in [0, 0.1) is 0 Å². The fraction of sp³-hybridized carbons (Fsp3) is 0.250. The lowest BCUT2D eigenvalue weighted by molar-refractivity contribution is 0.202. The van der Waals surface area contributed by atoms with E-state index in [4.69, 9.17) is 27.9 Å². The van der Waals surface area contributed by atoms with Crippen LogP contribution in [0.4, 0.5) is 5.69 Å². The molecule has 0 fully saturated rings. The molecule has 4 heteroatoms. The number of anilines is 1. The number of ether oxygens (including phenoxy) is 1. The first-order valence-corrected chi connectivity index (χ1v) is 7.21. The van der Waals surface area contributed by atoms with Crippen LogP contribution in [0.1, 0.15) is 11.1 Å². The maximum absolute atomic E-state index is 6.17. The molecule has 0 bridgehead atoms. The molecule has 2 aromatic carbocycles. The number of benzene rings is 2. The van der Waals surface area contributed by atoms with E-state index in [1.54, 1.807) is 7.11 Å². The zero-order valence-electron chi connectivity index (χ0n) is 11.3. The normalized spacial score (nSPS) is 10.6. The fourth-order valence-corrected chi connectivity index (χ4v) is 2.54. The molecule has 1 N–H and O–H groups in total. The third-order valence-corrected chi connectivity index (χ3v) is 3.82. The van der Waals surface area contributed by atoms with Gasteiger partial charge in [-0.05, 0) is 30.2 Å². The molecule has 0 radical (unpaired) electrons. The highest BCUT2D eigenvalue weighted by molar-refractivity contribution is 6.36. The van der Waals surface area contributed by atoms with Gasteiger partial charge in [0.2, 0.25) is 0 Å². The summed E-state index contributed by atoms with van der Waals surface area (Å²) >= 11 is 12.3. The summed E-state index contributed by atoms with van der Waals surface area (Å²) in [6.07, 6.45) is 0.871. The van der Waals surface area contributed by atoms with E-state index in [1.165, 1.54) is 5.56 Å². The molecular weight excluding hydrogens is 293 g/mol. The Morgan fingerprint density at radius 3 is 2.40 bits per heavy atom. The summed E-state index contributed by atoms with van der Waals surface area (Å²) in [6, 6.07) is 13.7. The molecule has 2 aromatic rings. The fourth-order valence-electron chi connectivity index (χ4n) is 2.01. The molecule has 0 saturated heterocycles. The minimum absolute atomic E-state index is 0.600. The van der Waals surface area contributed by atoms with Crippen molar-refractivity contribution < 1.29 is 4.74 Å². The molecule has 106 valence electrons. The SMILES string of the molecule is COCCc1ccccc1NCc1c(Cl)cccc1Cl. The number of methoxy groups -OCH3 is 1. The minimum atomic E-state index is 0.600. The van der Waals surface area contributed by atoms with E-state index in [0.29, 0.717) is 23.2 Å². The maximum Gasteiger partial charge on any atom is 0.0503 e. The molecule has 0 amide bonds. The van der Waals surface area contributed by atoms with E-state index in [-0.39, 0.29) is 0 Å². The third-order valence-electron chi connectivity index (χ3n) is 3.11. The second-order valence-electron chi connectivity index (χ2n) is 4.45. The highest BCUT2D eigenvalue weighted by atomic mass is 35.5. The highest BCUT2D eigenvalue weighted by Crippen LogP contribution is 2.26. The summed E-state index contributed by atoms with van der Waals surface area (Å²) in [6.45, 7) is 1.30. The van der Waals surface area contributed by atoms with Crippen LogP contribution in [0.25, 0.3) is 0 Å². The van der Waals surface area contributed by atoms with Crippen LogP contribution in [0.15, 0.2) is 42.5 Å². The Balaban J connectivity index is 2.11. The third kappa shape index (κ3) is 3.89. The predicted molar refractivity (Wildman–Crippen MR) is 85.8 cm³/mol. The van der Waals surface area contributed by atoms with E-state index in [2.05, 4.69) is 17.4 Å². The van der Waals surface area contributed by atoms with Gasteiger partial charge in [0.1, 0.15) is 0 Å². The Labute approximate surface area is 129 Å². The van der Waals surface area contributed by atoms with Gasteiger partial charge in [0, 0.05) is 35.0 Å². The lowest BCUT2D eigenvalue weighted by atomic mass is 10.1. The first kappa shape index (κ1) is 15.2. The smallest absolute Gasteiger partial charge is 0.0503 e. The van der Waals surface area contributed by atoms with Crippen molar-refractivity contribution in [1.29, 1.82) is 0 Å². The average molecular weight is 310 g/mol. The van der Waals surface area contributed by atoms with Crippen molar-refractivity contribution >= 4 is 28.9 Å². The standard InChI is InChI=1S/C16H17Cl2NO/c1-20-10-9-12-5-2-3-8-16(12)19-11-13-14(17)6-4-7-15(13)18/h2-8,19H,9-11H2,1H3. The topological polar surface area (TPSA) is 21.3 Å². The summed E-state index contributed by atoms with van der Waals surface area (Å²) in [4.78, 5) is 0. The molecule has 0 heterocycles. The van der Waals surface area contributed by atoms with Crippen LogP contribution in [-0.4, -0.2) is 13.7 Å². The number of hydrogen-bond donors (Lipinski definition) is 1. The van der Waals surface area contributed by atoms with Crippen LogP contribution in [-0.2, 0) is 17.7 Å². The number of halogens is 2. The molecule has 0 aliphatic heterocycles. The summed E-state index contributed by atoms with van der Waals surface area (Å²) in [7, 11) is 1.71. The highest BCUT2D eigenvalue weighted by Gasteiger charge is 2.06. The van der Waals surface area contributed by atoms with Gasteiger partial charge in [-0.15, -0.1) is 0 Å². The summed E-state index contributed by atoms with van der Waals surface area (Å²) in [5, 5.41) is 4.76. The van der Waals surface area contributed by atoms with Crippen molar-refractivity contribution in [2.24, 2.45) is 0 Å². The molecule has 20 heavy (non-hydrogen) atoms. The van der Waals surface area contributed by atoms with Gasteiger partial charge in [-0.3, -0.25) is 0 Å². The van der Waals surface area contributed by atoms with Crippen LogP contribution >= 0.6 is 23.2 Å². The van der Waals surface area contributed by atoms with Gasteiger partial charge in [0.25, 0.3) is 0 Å². The van der Waals surface area contributed by atoms with Gasteiger partial charge in [-0.1, -0.05) is 47.5 Å². The minimum Gasteiger partial charge on any atom is -0.384 e. The van der Waals surface area contributed by atoms with Gasteiger partial charge in [0.15, 0.2) is 0 Å². The molecule has 0 aromatic heterocycles. The zero-order chi connectivity index (χ0) is 14.4. The summed E-state index contributed by atoms with van der Waals surface area (Å²) in [5.74, 6) is 0. The molecule has 0 aliphatic carbocycles. The Kier molecular flexibility index (Phi) is 5.72. The van der Waals surface area contributed by atoms with Crippen molar-refractivity contribution in [3.05, 3.63) is 63.6 Å². The van der Waals surface area contributed by atoms with Gasteiger partial charge in [-0.25, -0.2) is 0 Å². The number of nitrogens with one attached hydrogen (secondary N) is 1. The lowest BCUT2D eigenvalue weighted by Gasteiger charge is -2.13. The van der Waals surface area contributed by atoms with Crippen molar-refractivity contribution in [1.82, 2.24) is 0 Å². The van der Waals surface area contributed by atoms with Crippen LogP contribution < -0.4 is 5.32 Å². The van der Waals surface area contributed by atoms with E-state index < -0.39 is 0 Å². The molecule has 2 nitrogen and oxygen atoms in total. The zero-order valence-corrected chi connectivity index (χ0v) is 12.8. The van der Waals surface area contributed by atoms with Crippen LogP contribution in [0.2, 0.25) is 10.0 Å². The Morgan fingerprint density at radius 2 is 1.70 bits per heavy atom. The molecule has 2 rings (SSSR count). The van der Waals surface area contributed by atoms with Crippen molar-refractivity contribution in [3.63, 3.8) is 0 Å². The van der Waals surface area contributed by atoms with Crippen LogP contribution in [0.3, 0.4) is 0 Å². The molecule has 0 spiro atoms. The number of rotatable bonds is 6. The summed E-state index contributed by atoms with van der Waals surface area (Å²) < 4.78 is 5.13. The average Bonchev–Trinajstić information content (AvgIpc) is 2.45. The molecular formula is C16H17Cl2NO. The van der Waals surface area contributed by atoms with E-state index in [0.717, 1.165) is 17.7 Å². The van der Waals surface area contributed by atoms with Gasteiger partial charge < -0.3 is 10.1 Å². The molecule has 0 unspecified atom stereocenters. The largest absolute Gasteiger partial charge is 0.384 e. The monoisotopic (exact) mass is 309 g/mol. The van der Waals surface area contributed by atoms with Gasteiger partial charge in [0.05, 0.1) is 6.61 Å². The van der Waals surface area contributed by atoms with E-state index >= 15 is 0 Å². The predicted octanol–water partition coefficient (Wildman–Crippen LogP) is 4.79. The van der Waals surface area contributed by atoms with E-state index in [9.17, 15) is 0 Å². The van der Waals surface area contributed by atoms with Crippen molar-refractivity contribution in [2.75, 3.05) is 19.0 Å². The first-order valence-electron chi connectivity index (χ1n) is 6.46. The van der Waals surface area contributed by atoms with Crippen molar-refractivity contribution in [3.8, 4) is 0 Å². The second-order valence-corrected chi connectivity index (χ2v) is 5.27. The Bertz CT molecular complexity index is 552. The van der Waals surface area contributed by atoms with Crippen molar-refractivity contribution in [2.45, 2.75) is 13.0 Å². The lowest BCUT2D eigenvalue weighted by Crippen LogP contribution is -2.05. The van der Waals surface area contributed by atoms with Crippen LogP contribution in [0.5, 0.6) is 0 Å². The van der Waals surface area contributed by atoms with Gasteiger partial charge in [-0.2, -0.15) is 0 Å². The molecule has 0 saturated carbocycles. The second kappa shape index (κ2) is 7.53. The Hall–Kier alpha value is -1.22.